The molecular weight excluding hydrogens is 220 g/mol. The van der Waals surface area contributed by atoms with Crippen LogP contribution in [0.2, 0.25) is 0 Å². The summed E-state index contributed by atoms with van der Waals surface area (Å²) in [6, 6.07) is 0. The Morgan fingerprint density at radius 1 is 0.778 bits per heavy atom. The molecule has 2 heterocycles. The van der Waals surface area contributed by atoms with E-state index in [9.17, 15) is 0 Å². The van der Waals surface area contributed by atoms with E-state index in [2.05, 4.69) is 51.3 Å². The van der Waals surface area contributed by atoms with E-state index < -0.39 is 0 Å². The first-order chi connectivity index (χ1) is 8.11. The molecule has 2 heteroatoms. The number of rotatable bonds is 0. The van der Waals surface area contributed by atoms with Crippen molar-refractivity contribution < 1.29 is 0 Å². The maximum Gasteiger partial charge on any atom is 0.0297 e. The van der Waals surface area contributed by atoms with Crippen LogP contribution >= 0.6 is 0 Å². The lowest BCUT2D eigenvalue weighted by molar-refractivity contribution is -0.0941. The molecule has 3 rings (SSSR count). The molecule has 0 aromatic rings. The van der Waals surface area contributed by atoms with Gasteiger partial charge in [-0.15, -0.1) is 0 Å². The van der Waals surface area contributed by atoms with Crippen molar-refractivity contribution in [3.63, 3.8) is 0 Å². The van der Waals surface area contributed by atoms with E-state index in [0.29, 0.717) is 22.0 Å². The Morgan fingerprint density at radius 2 is 1.33 bits per heavy atom. The van der Waals surface area contributed by atoms with Gasteiger partial charge in [-0.2, -0.15) is 0 Å². The van der Waals surface area contributed by atoms with Crippen molar-refractivity contribution in [2.24, 2.45) is 5.41 Å². The van der Waals surface area contributed by atoms with Gasteiger partial charge in [-0.1, -0.05) is 0 Å². The molecule has 2 saturated heterocycles. The van der Waals surface area contributed by atoms with Gasteiger partial charge in [0.15, 0.2) is 0 Å². The molecule has 0 bridgehead atoms. The monoisotopic (exact) mass is 250 g/mol. The molecule has 0 aromatic heterocycles. The lowest BCUT2D eigenvalue weighted by Crippen LogP contribution is -2.68. The third kappa shape index (κ3) is 1.54. The molecule has 0 radical (unpaired) electrons. The summed E-state index contributed by atoms with van der Waals surface area (Å²) in [5.41, 5.74) is 1.92. The van der Waals surface area contributed by atoms with E-state index in [-0.39, 0.29) is 0 Å². The molecule has 0 unspecified atom stereocenters. The Bertz CT molecular complexity index is 348. The standard InChI is InChI=1S/C16H30N2/c1-13(2,3)17-11-15(12-17)9-10-18(14(4,5)6)16(15)7-8-16/h7-12H2,1-6H3. The Kier molecular flexibility index (Phi) is 2.39. The van der Waals surface area contributed by atoms with Crippen LogP contribution in [0.5, 0.6) is 0 Å². The highest BCUT2D eigenvalue weighted by atomic mass is 15.4. The van der Waals surface area contributed by atoms with Crippen molar-refractivity contribution in [2.45, 2.75) is 77.4 Å². The van der Waals surface area contributed by atoms with E-state index in [0.717, 1.165) is 0 Å². The summed E-state index contributed by atoms with van der Waals surface area (Å²) >= 11 is 0. The Morgan fingerprint density at radius 3 is 1.72 bits per heavy atom. The highest BCUT2D eigenvalue weighted by Gasteiger charge is 2.71. The molecule has 2 spiro atoms. The van der Waals surface area contributed by atoms with Crippen molar-refractivity contribution in [1.29, 1.82) is 0 Å². The zero-order valence-corrected chi connectivity index (χ0v) is 13.1. The van der Waals surface area contributed by atoms with Crippen molar-refractivity contribution in [1.82, 2.24) is 9.80 Å². The van der Waals surface area contributed by atoms with Gasteiger partial charge in [-0.25, -0.2) is 0 Å². The molecule has 3 aliphatic rings. The Hall–Kier alpha value is -0.0800. The quantitative estimate of drug-likeness (QED) is 0.652. The average Bonchev–Trinajstić information content (AvgIpc) is 2.73. The predicted octanol–water partition coefficient (Wildman–Crippen LogP) is 3.12. The fraction of sp³-hybridized carbons (Fsp3) is 1.00. The number of hydrogen-bond acceptors (Lipinski definition) is 2. The van der Waals surface area contributed by atoms with Crippen LogP contribution in [0.1, 0.15) is 60.8 Å². The molecule has 2 nitrogen and oxygen atoms in total. The Labute approximate surface area is 113 Å². The van der Waals surface area contributed by atoms with E-state index in [1.54, 1.807) is 0 Å². The fourth-order valence-corrected chi connectivity index (χ4v) is 4.57. The summed E-state index contributed by atoms with van der Waals surface area (Å²) in [7, 11) is 0. The summed E-state index contributed by atoms with van der Waals surface area (Å²) in [6.45, 7) is 18.3. The first-order valence-corrected chi connectivity index (χ1v) is 7.64. The van der Waals surface area contributed by atoms with Crippen LogP contribution in [-0.4, -0.2) is 46.1 Å². The molecule has 104 valence electrons. The van der Waals surface area contributed by atoms with Crippen molar-refractivity contribution in [2.75, 3.05) is 19.6 Å². The maximum atomic E-state index is 2.83. The van der Waals surface area contributed by atoms with Gasteiger partial charge in [-0.05, 0) is 67.3 Å². The lowest BCUT2D eigenvalue weighted by Gasteiger charge is -2.58. The molecule has 2 aliphatic heterocycles. The minimum atomic E-state index is 0.349. The van der Waals surface area contributed by atoms with Gasteiger partial charge >= 0.3 is 0 Å². The summed E-state index contributed by atoms with van der Waals surface area (Å²) in [4.78, 5) is 5.51. The Balaban J connectivity index is 1.79. The molecule has 3 fully saturated rings. The number of hydrogen-bond donors (Lipinski definition) is 0. The minimum absolute atomic E-state index is 0.349. The maximum absolute atomic E-state index is 2.83. The summed E-state index contributed by atoms with van der Waals surface area (Å²) < 4.78 is 0. The second-order valence-corrected chi connectivity index (χ2v) is 8.91. The van der Waals surface area contributed by atoms with E-state index in [1.807, 2.05) is 0 Å². The van der Waals surface area contributed by atoms with Crippen LogP contribution in [0.25, 0.3) is 0 Å². The summed E-state index contributed by atoms with van der Waals surface area (Å²) in [5, 5.41) is 0. The molecule has 18 heavy (non-hydrogen) atoms. The van der Waals surface area contributed by atoms with Crippen LogP contribution < -0.4 is 0 Å². The normalized spacial score (nSPS) is 31.0. The van der Waals surface area contributed by atoms with Gasteiger partial charge in [0, 0.05) is 35.1 Å². The van der Waals surface area contributed by atoms with Crippen molar-refractivity contribution in [3.8, 4) is 0 Å². The molecule has 0 amide bonds. The van der Waals surface area contributed by atoms with Crippen molar-refractivity contribution >= 4 is 0 Å². The van der Waals surface area contributed by atoms with Crippen LogP contribution in [0.3, 0.4) is 0 Å². The third-order valence-corrected chi connectivity index (χ3v) is 5.79. The van der Waals surface area contributed by atoms with Gasteiger partial charge in [0.2, 0.25) is 0 Å². The topological polar surface area (TPSA) is 6.48 Å². The van der Waals surface area contributed by atoms with Gasteiger partial charge in [0.1, 0.15) is 0 Å². The van der Waals surface area contributed by atoms with E-state index in [4.69, 9.17) is 0 Å². The molecule has 0 aromatic carbocycles. The number of likely N-dealkylation sites (tertiary alicyclic amines) is 2. The summed E-state index contributed by atoms with van der Waals surface area (Å²) in [5.74, 6) is 0. The van der Waals surface area contributed by atoms with Gasteiger partial charge < -0.3 is 0 Å². The van der Waals surface area contributed by atoms with Crippen molar-refractivity contribution in [3.05, 3.63) is 0 Å². The minimum Gasteiger partial charge on any atom is -0.297 e. The van der Waals surface area contributed by atoms with E-state index >= 15 is 0 Å². The zero-order chi connectivity index (χ0) is 13.4. The molecule has 1 aliphatic carbocycles. The van der Waals surface area contributed by atoms with E-state index in [1.165, 1.54) is 38.9 Å². The molecular formula is C16H30N2. The third-order valence-electron chi connectivity index (χ3n) is 5.79. The van der Waals surface area contributed by atoms with Crippen LogP contribution in [0, 0.1) is 5.41 Å². The van der Waals surface area contributed by atoms with Gasteiger partial charge in [0.05, 0.1) is 0 Å². The summed E-state index contributed by atoms with van der Waals surface area (Å²) in [6.07, 6.45) is 4.32. The second kappa shape index (κ2) is 3.32. The number of fused-ring (bicyclic) bond motifs is 1. The number of nitrogens with zero attached hydrogens (tertiary/aromatic N) is 2. The van der Waals surface area contributed by atoms with Crippen LogP contribution in [0.15, 0.2) is 0 Å². The molecule has 0 N–H and O–H groups in total. The van der Waals surface area contributed by atoms with Crippen LogP contribution in [-0.2, 0) is 0 Å². The molecule has 1 saturated carbocycles. The first kappa shape index (κ1) is 12.9. The fourth-order valence-electron chi connectivity index (χ4n) is 4.57. The molecule has 0 atom stereocenters. The van der Waals surface area contributed by atoms with Gasteiger partial charge in [-0.3, -0.25) is 9.80 Å². The zero-order valence-electron chi connectivity index (χ0n) is 13.1. The largest absolute Gasteiger partial charge is 0.297 e. The lowest BCUT2D eigenvalue weighted by atomic mass is 9.69. The highest BCUT2D eigenvalue weighted by Crippen LogP contribution is 2.65. The highest BCUT2D eigenvalue weighted by molar-refractivity contribution is 5.26. The predicted molar refractivity (Wildman–Crippen MR) is 76.8 cm³/mol. The van der Waals surface area contributed by atoms with Gasteiger partial charge in [0.25, 0.3) is 0 Å². The second-order valence-electron chi connectivity index (χ2n) is 8.91. The van der Waals surface area contributed by atoms with Crippen LogP contribution in [0.4, 0.5) is 0 Å². The first-order valence-electron chi connectivity index (χ1n) is 7.64. The average molecular weight is 250 g/mol. The SMILES string of the molecule is CC(C)(C)N1CC2(CCN(C(C)(C)C)C23CC3)C1. The smallest absolute Gasteiger partial charge is 0.0297 e.